The Hall–Kier alpha value is -5.83. The van der Waals surface area contributed by atoms with Gasteiger partial charge in [-0.2, -0.15) is 5.10 Å². The highest BCUT2D eigenvalue weighted by atomic mass is 16.1. The number of primary amides is 1. The molecule has 0 atom stereocenters. The third kappa shape index (κ3) is 4.99. The van der Waals surface area contributed by atoms with Gasteiger partial charge in [0.2, 0.25) is 0 Å². The molecule has 4 N–H and O–H groups in total. The van der Waals surface area contributed by atoms with E-state index in [0.29, 0.717) is 34.1 Å². The van der Waals surface area contributed by atoms with Crippen LogP contribution in [0.5, 0.6) is 0 Å². The van der Waals surface area contributed by atoms with Crippen molar-refractivity contribution in [3.05, 3.63) is 106 Å². The predicted octanol–water partition coefficient (Wildman–Crippen LogP) is 1.89. The van der Waals surface area contributed by atoms with Crippen LogP contribution in [0.4, 0.5) is 5.82 Å². The van der Waals surface area contributed by atoms with E-state index in [1.807, 2.05) is 74.8 Å². The average molecular weight is 533 g/mol. The van der Waals surface area contributed by atoms with Crippen LogP contribution in [0.1, 0.15) is 34.4 Å². The van der Waals surface area contributed by atoms with Gasteiger partial charge in [-0.05, 0) is 47.5 Å². The molecule has 4 aromatic heterocycles. The minimum Gasteiger partial charge on any atom is -0.381 e. The molecule has 12 heteroatoms. The number of aryl methyl sites for hydroxylation is 2. The second-order valence-electron chi connectivity index (χ2n) is 8.60. The summed E-state index contributed by atoms with van der Waals surface area (Å²) in [6.07, 6.45) is 3.93. The molecule has 0 saturated heterocycles. The fourth-order valence-electron chi connectivity index (χ4n) is 4.16. The Morgan fingerprint density at radius 1 is 1.00 bits per heavy atom. The number of benzene rings is 2. The number of carbonyl (C=O) groups excluding carboxylic acids is 1. The molecular weight excluding hydrogens is 508 g/mol. The molecule has 0 aliphatic rings. The molecule has 0 saturated carbocycles. The first kappa shape index (κ1) is 25.8. The first-order chi connectivity index (χ1) is 19.4. The maximum atomic E-state index is 13.4. The van der Waals surface area contributed by atoms with E-state index in [9.17, 15) is 9.59 Å². The van der Waals surface area contributed by atoms with Crippen LogP contribution in [0.15, 0.2) is 77.9 Å². The van der Waals surface area contributed by atoms with E-state index in [4.69, 9.17) is 16.5 Å². The van der Waals surface area contributed by atoms with Crippen LogP contribution in [0.2, 0.25) is 0 Å². The largest absolute Gasteiger partial charge is 0.381 e. The minimum atomic E-state index is -0.625. The third-order valence-corrected chi connectivity index (χ3v) is 5.95. The molecule has 4 heterocycles. The van der Waals surface area contributed by atoms with E-state index in [1.165, 1.54) is 6.20 Å². The van der Waals surface area contributed by atoms with Crippen LogP contribution >= 0.6 is 0 Å². The third-order valence-electron chi connectivity index (χ3n) is 5.95. The molecule has 0 aliphatic carbocycles. The summed E-state index contributed by atoms with van der Waals surface area (Å²) in [5.41, 5.74) is 13.9. The monoisotopic (exact) mass is 532 g/mol. The van der Waals surface area contributed by atoms with Gasteiger partial charge in [-0.15, -0.1) is 14.8 Å². The number of hydrogen-bond donors (Lipinski definition) is 2. The lowest BCUT2D eigenvalue weighted by Crippen LogP contribution is -2.24. The number of anilines is 1. The number of aromatic nitrogens is 8. The van der Waals surface area contributed by atoms with Crippen LogP contribution in [0, 0.1) is 11.8 Å². The summed E-state index contributed by atoms with van der Waals surface area (Å²) in [7, 11) is 1.85. The van der Waals surface area contributed by atoms with Crippen molar-refractivity contribution in [3.63, 3.8) is 0 Å². The summed E-state index contributed by atoms with van der Waals surface area (Å²) in [6.45, 7) is 2.00. The molecule has 0 spiro atoms. The Morgan fingerprint density at radius 3 is 2.50 bits per heavy atom. The molecule has 6 rings (SSSR count). The van der Waals surface area contributed by atoms with Crippen molar-refractivity contribution in [2.75, 3.05) is 5.73 Å². The highest BCUT2D eigenvalue weighted by Crippen LogP contribution is 2.17. The van der Waals surface area contributed by atoms with Crippen molar-refractivity contribution in [2.45, 2.75) is 13.3 Å². The molecule has 0 aliphatic heterocycles. The summed E-state index contributed by atoms with van der Waals surface area (Å²) in [6, 6.07) is 18.6. The van der Waals surface area contributed by atoms with Gasteiger partial charge in [0.25, 0.3) is 11.5 Å². The van der Waals surface area contributed by atoms with Crippen molar-refractivity contribution in [3.8, 4) is 17.5 Å². The lowest BCUT2D eigenvalue weighted by atomic mass is 10.1. The van der Waals surface area contributed by atoms with Crippen molar-refractivity contribution in [2.24, 2.45) is 12.8 Å². The normalized spacial score (nSPS) is 10.6. The van der Waals surface area contributed by atoms with Crippen molar-refractivity contribution in [1.82, 2.24) is 39.4 Å². The number of rotatable bonds is 3. The van der Waals surface area contributed by atoms with Gasteiger partial charge >= 0.3 is 0 Å². The number of nitrogen functional groups attached to an aromatic ring is 1. The summed E-state index contributed by atoms with van der Waals surface area (Å²) in [5.74, 6) is 6.29. The molecular formula is C28H24N10O2. The molecule has 12 nitrogen and oxygen atoms in total. The van der Waals surface area contributed by atoms with Gasteiger partial charge in [-0.3, -0.25) is 18.8 Å². The molecule has 2 aromatic carbocycles. The zero-order valence-corrected chi connectivity index (χ0v) is 21.7. The van der Waals surface area contributed by atoms with Crippen molar-refractivity contribution >= 4 is 28.1 Å². The Labute approximate surface area is 227 Å². The van der Waals surface area contributed by atoms with Crippen LogP contribution in [-0.2, 0) is 13.5 Å². The van der Waals surface area contributed by atoms with E-state index in [1.54, 1.807) is 15.3 Å². The Morgan fingerprint density at radius 2 is 1.80 bits per heavy atom. The number of hydrogen-bond acceptors (Lipinski definition) is 8. The second-order valence-corrected chi connectivity index (χ2v) is 8.60. The summed E-state index contributed by atoms with van der Waals surface area (Å²) in [4.78, 5) is 29.0. The van der Waals surface area contributed by atoms with Crippen molar-refractivity contribution in [1.29, 1.82) is 0 Å². The topological polar surface area (TPSA) is 165 Å². The molecule has 6 aromatic rings. The Bertz CT molecular complexity index is 1980. The fraction of sp³-hybridized carbons (Fsp3) is 0.107. The second kappa shape index (κ2) is 10.9. The van der Waals surface area contributed by atoms with Gasteiger partial charge in [-0.1, -0.05) is 37.1 Å². The van der Waals surface area contributed by atoms with Crippen molar-refractivity contribution < 1.29 is 4.79 Å². The van der Waals surface area contributed by atoms with Gasteiger partial charge in [0.15, 0.2) is 5.82 Å². The molecule has 198 valence electrons. The summed E-state index contributed by atoms with van der Waals surface area (Å²) < 4.78 is 4.54. The Balaban J connectivity index is 0.000000207. The van der Waals surface area contributed by atoms with Crippen LogP contribution < -0.4 is 17.0 Å². The Kier molecular flexibility index (Phi) is 7.02. The zero-order valence-electron chi connectivity index (χ0n) is 21.7. The van der Waals surface area contributed by atoms with Gasteiger partial charge in [0, 0.05) is 25.2 Å². The minimum absolute atomic E-state index is 0.0630. The molecule has 0 unspecified atom stereocenters. The van der Waals surface area contributed by atoms with E-state index >= 15 is 0 Å². The number of amides is 1. The van der Waals surface area contributed by atoms with E-state index in [2.05, 4.69) is 32.4 Å². The number of fused-ring (bicyclic) bond motifs is 2. The molecule has 0 bridgehead atoms. The van der Waals surface area contributed by atoms with Crippen LogP contribution in [0.3, 0.4) is 0 Å². The lowest BCUT2D eigenvalue weighted by molar-refractivity contribution is 0.100. The van der Waals surface area contributed by atoms with Gasteiger partial charge in [0.1, 0.15) is 22.6 Å². The SMILES string of the molecule is CCc1nc2cccc(C#Cc3ccn(C)n3)c2c(=O)n1-c1ccccc1.NC(=O)c1c(N)nn2nnccc12. The first-order valence-electron chi connectivity index (χ1n) is 12.2. The lowest BCUT2D eigenvalue weighted by Gasteiger charge is -2.13. The van der Waals surface area contributed by atoms with Crippen LogP contribution in [0.25, 0.3) is 22.1 Å². The maximum absolute atomic E-state index is 13.4. The van der Waals surface area contributed by atoms with Gasteiger partial charge in [-0.25, -0.2) is 4.98 Å². The average Bonchev–Trinajstić information content (AvgIpc) is 3.53. The standard InChI is InChI=1S/C22H18N4O.C6H6N6O/c1-3-20-23-19-11-7-8-16(12-13-17-14-15-25(2)24-17)21(19)22(27)26(20)18-9-5-4-6-10-18;7-5-4(6(8)13)3-1-2-9-11-12(3)10-5/h4-11,14-15H,3H2,1-2H3;1-2H,(H2,7,10)(H2,8,13). The van der Waals surface area contributed by atoms with Gasteiger partial charge < -0.3 is 11.5 Å². The van der Waals surface area contributed by atoms with Crippen LogP contribution in [-0.4, -0.2) is 45.3 Å². The number of para-hydroxylation sites is 1. The summed E-state index contributed by atoms with van der Waals surface area (Å²) in [5, 5.41) is 15.7. The number of nitrogens with zero attached hydrogens (tertiary/aromatic N) is 8. The molecule has 40 heavy (non-hydrogen) atoms. The van der Waals surface area contributed by atoms with E-state index in [0.717, 1.165) is 16.1 Å². The van der Waals surface area contributed by atoms with E-state index < -0.39 is 5.91 Å². The predicted molar refractivity (Wildman–Crippen MR) is 150 cm³/mol. The highest BCUT2D eigenvalue weighted by molar-refractivity contribution is 6.03. The summed E-state index contributed by atoms with van der Waals surface area (Å²) >= 11 is 0. The maximum Gasteiger partial charge on any atom is 0.267 e. The first-order valence-corrected chi connectivity index (χ1v) is 12.2. The zero-order chi connectivity index (χ0) is 28.2. The number of nitrogens with two attached hydrogens (primary N) is 2. The molecule has 1 amide bonds. The molecule has 0 fully saturated rings. The van der Waals surface area contributed by atoms with E-state index in [-0.39, 0.29) is 16.9 Å². The number of carbonyl (C=O) groups is 1. The molecule has 0 radical (unpaired) electrons. The highest BCUT2D eigenvalue weighted by Gasteiger charge is 2.15. The smallest absolute Gasteiger partial charge is 0.267 e. The van der Waals surface area contributed by atoms with Gasteiger partial charge in [0.05, 0.1) is 22.8 Å². The fourth-order valence-corrected chi connectivity index (χ4v) is 4.16. The quantitative estimate of drug-likeness (QED) is 0.326.